The van der Waals surface area contributed by atoms with Gasteiger partial charge in [-0.2, -0.15) is 0 Å². The fourth-order valence-electron chi connectivity index (χ4n) is 4.66. The minimum absolute atomic E-state index is 0.0496. The highest BCUT2D eigenvalue weighted by Gasteiger charge is 2.23. The summed E-state index contributed by atoms with van der Waals surface area (Å²) in [4.78, 5) is 20.9. The van der Waals surface area contributed by atoms with Gasteiger partial charge in [0.15, 0.2) is 5.16 Å². The van der Waals surface area contributed by atoms with Crippen molar-refractivity contribution >= 4 is 44.1 Å². The molecule has 0 saturated heterocycles. The summed E-state index contributed by atoms with van der Waals surface area (Å²) in [6.45, 7) is 0. The van der Waals surface area contributed by atoms with Crippen molar-refractivity contribution in [3.05, 3.63) is 98.9 Å². The molecule has 0 N–H and O–H groups in total. The monoisotopic (exact) mass is 472 g/mol. The molecule has 33 heavy (non-hydrogen) atoms. The van der Waals surface area contributed by atoms with Gasteiger partial charge in [0.2, 0.25) is 0 Å². The molecule has 0 amide bonds. The number of halogens is 1. The Morgan fingerprint density at radius 2 is 1.76 bits per heavy atom. The third-order valence-electron chi connectivity index (χ3n) is 6.28. The second-order valence-electron chi connectivity index (χ2n) is 8.33. The van der Waals surface area contributed by atoms with Crippen molar-refractivity contribution in [1.82, 2.24) is 9.55 Å². The first-order valence-electron chi connectivity index (χ1n) is 11.1. The molecule has 0 bridgehead atoms. The average molecular weight is 473 g/mol. The van der Waals surface area contributed by atoms with Gasteiger partial charge < -0.3 is 0 Å². The number of aryl methyl sites for hydroxylation is 2. The molecular formula is C27H21FN2OS2. The van der Waals surface area contributed by atoms with Crippen LogP contribution in [0.25, 0.3) is 26.7 Å². The molecule has 2 heterocycles. The van der Waals surface area contributed by atoms with Crippen LogP contribution in [-0.2, 0) is 18.6 Å². The lowest BCUT2D eigenvalue weighted by Gasteiger charge is -2.14. The Morgan fingerprint density at radius 1 is 0.970 bits per heavy atom. The number of aromatic nitrogens is 2. The molecule has 6 heteroatoms. The Hall–Kier alpha value is -2.96. The third kappa shape index (κ3) is 3.67. The molecule has 2 aromatic heterocycles. The van der Waals surface area contributed by atoms with E-state index in [1.165, 1.54) is 38.9 Å². The summed E-state index contributed by atoms with van der Waals surface area (Å²) in [5.74, 6) is 0.365. The van der Waals surface area contributed by atoms with Crippen LogP contribution in [0.3, 0.4) is 0 Å². The highest BCUT2D eigenvalue weighted by molar-refractivity contribution is 7.98. The van der Waals surface area contributed by atoms with Crippen molar-refractivity contribution in [3.63, 3.8) is 0 Å². The first kappa shape index (κ1) is 20.6. The van der Waals surface area contributed by atoms with E-state index in [0.717, 1.165) is 35.9 Å². The largest absolute Gasteiger partial charge is 0.268 e. The first-order valence-corrected chi connectivity index (χ1v) is 12.9. The molecule has 0 unspecified atom stereocenters. The van der Waals surface area contributed by atoms with E-state index in [1.54, 1.807) is 39.8 Å². The van der Waals surface area contributed by atoms with Gasteiger partial charge in [-0.25, -0.2) is 9.37 Å². The van der Waals surface area contributed by atoms with Gasteiger partial charge in [-0.15, -0.1) is 11.3 Å². The summed E-state index contributed by atoms with van der Waals surface area (Å²) in [6, 6.07) is 20.7. The van der Waals surface area contributed by atoms with Crippen LogP contribution >= 0.6 is 23.1 Å². The Balaban J connectivity index is 1.50. The van der Waals surface area contributed by atoms with Crippen molar-refractivity contribution in [2.24, 2.45) is 0 Å². The second kappa shape index (κ2) is 8.43. The predicted octanol–water partition coefficient (Wildman–Crippen LogP) is 6.91. The molecule has 0 aliphatic heterocycles. The van der Waals surface area contributed by atoms with E-state index in [4.69, 9.17) is 4.98 Å². The standard InChI is InChI=1S/C27H21FN2OS2/c28-19-12-14-20(15-13-19)30-26(31)24-22-10-3-4-11-23(22)33-25(24)29-27(30)32-16-18-8-5-7-17-6-1-2-9-21(17)18/h1-2,5-9,12-15H,3-4,10-11,16H2. The fourth-order valence-corrected chi connectivity index (χ4v) is 6.98. The van der Waals surface area contributed by atoms with Crippen LogP contribution in [0.2, 0.25) is 0 Å². The van der Waals surface area contributed by atoms with Gasteiger partial charge in [0, 0.05) is 10.6 Å². The molecule has 3 aromatic carbocycles. The Morgan fingerprint density at radius 3 is 2.64 bits per heavy atom. The highest BCUT2D eigenvalue weighted by atomic mass is 32.2. The lowest BCUT2D eigenvalue weighted by Crippen LogP contribution is -2.22. The zero-order valence-corrected chi connectivity index (χ0v) is 19.5. The van der Waals surface area contributed by atoms with E-state index in [1.807, 2.05) is 12.1 Å². The molecule has 164 valence electrons. The average Bonchev–Trinajstić information content (AvgIpc) is 3.22. The number of thioether (sulfide) groups is 1. The molecule has 1 aliphatic rings. The highest BCUT2D eigenvalue weighted by Crippen LogP contribution is 2.36. The van der Waals surface area contributed by atoms with Gasteiger partial charge >= 0.3 is 0 Å². The van der Waals surface area contributed by atoms with E-state index >= 15 is 0 Å². The van der Waals surface area contributed by atoms with Gasteiger partial charge in [-0.1, -0.05) is 54.2 Å². The summed E-state index contributed by atoms with van der Waals surface area (Å²) in [5.41, 5.74) is 2.96. The molecule has 3 nitrogen and oxygen atoms in total. The minimum Gasteiger partial charge on any atom is -0.268 e. The predicted molar refractivity (Wildman–Crippen MR) is 135 cm³/mol. The molecule has 5 aromatic rings. The van der Waals surface area contributed by atoms with Crippen molar-refractivity contribution in [1.29, 1.82) is 0 Å². The van der Waals surface area contributed by atoms with E-state index in [0.29, 0.717) is 16.6 Å². The van der Waals surface area contributed by atoms with E-state index in [9.17, 15) is 9.18 Å². The first-order chi connectivity index (χ1) is 16.2. The lowest BCUT2D eigenvalue weighted by molar-refractivity contribution is 0.627. The molecule has 1 aliphatic carbocycles. The molecule has 0 saturated carbocycles. The van der Waals surface area contributed by atoms with Crippen molar-refractivity contribution in [2.45, 2.75) is 36.6 Å². The van der Waals surface area contributed by atoms with Gasteiger partial charge in [0.1, 0.15) is 10.6 Å². The number of thiophene rings is 1. The molecule has 0 radical (unpaired) electrons. The lowest BCUT2D eigenvalue weighted by atomic mass is 9.97. The van der Waals surface area contributed by atoms with Gasteiger partial charge in [-0.3, -0.25) is 9.36 Å². The third-order valence-corrected chi connectivity index (χ3v) is 8.45. The van der Waals surface area contributed by atoms with Crippen molar-refractivity contribution in [3.8, 4) is 5.69 Å². The number of benzene rings is 3. The summed E-state index contributed by atoms with van der Waals surface area (Å²) < 4.78 is 15.3. The molecular weight excluding hydrogens is 451 g/mol. The van der Waals surface area contributed by atoms with Crippen LogP contribution in [-0.4, -0.2) is 9.55 Å². The van der Waals surface area contributed by atoms with Gasteiger partial charge in [0.25, 0.3) is 5.56 Å². The number of fused-ring (bicyclic) bond motifs is 4. The molecule has 0 atom stereocenters. The summed E-state index contributed by atoms with van der Waals surface area (Å²) in [6.07, 6.45) is 4.21. The van der Waals surface area contributed by atoms with Crippen molar-refractivity contribution < 1.29 is 4.39 Å². The number of nitrogens with zero attached hydrogens (tertiary/aromatic N) is 2. The fraction of sp³-hybridized carbons (Fsp3) is 0.185. The summed E-state index contributed by atoms with van der Waals surface area (Å²) in [5, 5.41) is 3.79. The Kier molecular flexibility index (Phi) is 5.27. The van der Waals surface area contributed by atoms with Crippen LogP contribution in [0.15, 0.2) is 76.7 Å². The van der Waals surface area contributed by atoms with Crippen molar-refractivity contribution in [2.75, 3.05) is 0 Å². The maximum absolute atomic E-state index is 13.8. The second-order valence-corrected chi connectivity index (χ2v) is 10.4. The number of hydrogen-bond acceptors (Lipinski definition) is 4. The molecule has 6 rings (SSSR count). The molecule has 0 spiro atoms. The smallest absolute Gasteiger partial charge is 0.267 e. The normalized spacial score (nSPS) is 13.5. The van der Waals surface area contributed by atoms with E-state index < -0.39 is 0 Å². The molecule has 0 fully saturated rings. The summed E-state index contributed by atoms with van der Waals surface area (Å²) >= 11 is 3.21. The van der Waals surface area contributed by atoms with Crippen LogP contribution in [0, 0.1) is 5.82 Å². The number of hydrogen-bond donors (Lipinski definition) is 0. The van der Waals surface area contributed by atoms with Gasteiger partial charge in [0.05, 0.1) is 11.1 Å². The summed E-state index contributed by atoms with van der Waals surface area (Å²) in [7, 11) is 0. The zero-order chi connectivity index (χ0) is 22.4. The van der Waals surface area contributed by atoms with Crippen LogP contribution in [0.4, 0.5) is 4.39 Å². The maximum atomic E-state index is 13.8. The van der Waals surface area contributed by atoms with Crippen LogP contribution in [0.5, 0.6) is 0 Å². The van der Waals surface area contributed by atoms with E-state index in [-0.39, 0.29) is 11.4 Å². The van der Waals surface area contributed by atoms with Crippen LogP contribution in [0.1, 0.15) is 28.8 Å². The minimum atomic E-state index is -0.321. The topological polar surface area (TPSA) is 34.9 Å². The quantitative estimate of drug-likeness (QED) is 0.211. The van der Waals surface area contributed by atoms with Crippen LogP contribution < -0.4 is 5.56 Å². The Bertz CT molecular complexity index is 1550. The maximum Gasteiger partial charge on any atom is 0.267 e. The SMILES string of the molecule is O=c1c2c3c(sc2nc(SCc2cccc4ccccc24)n1-c1ccc(F)cc1)CCCC3. The Labute approximate surface area is 198 Å². The zero-order valence-electron chi connectivity index (χ0n) is 17.9. The van der Waals surface area contributed by atoms with E-state index in [2.05, 4.69) is 30.3 Å². The van der Waals surface area contributed by atoms with Gasteiger partial charge in [-0.05, 0) is 71.8 Å². The number of rotatable bonds is 4.